The molecule has 1 saturated heterocycles. The Morgan fingerprint density at radius 3 is 2.48 bits per heavy atom. The number of benzene rings is 3. The summed E-state index contributed by atoms with van der Waals surface area (Å²) in [6.07, 6.45) is 2.27. The van der Waals surface area contributed by atoms with Crippen LogP contribution in [0.15, 0.2) is 66.7 Å². The Labute approximate surface area is 282 Å². The number of carbonyl (C=O) groups excluding carboxylic acids is 3. The van der Waals surface area contributed by atoms with Crippen LogP contribution < -0.4 is 16.0 Å². The highest BCUT2D eigenvalue weighted by molar-refractivity contribution is 6.02. The molecule has 0 aliphatic carbocycles. The van der Waals surface area contributed by atoms with Crippen molar-refractivity contribution in [3.63, 3.8) is 0 Å². The third-order valence-corrected chi connectivity index (χ3v) is 8.50. The van der Waals surface area contributed by atoms with Crippen molar-refractivity contribution >= 4 is 17.7 Å². The predicted octanol–water partition coefficient (Wildman–Crippen LogP) is 4.95. The number of rotatable bonds is 14. The molecular weight excluding hydrogens is 609 g/mol. The molecule has 48 heavy (non-hydrogen) atoms. The van der Waals surface area contributed by atoms with E-state index in [2.05, 4.69) is 16.0 Å². The topological polar surface area (TPSA) is 124 Å². The quantitative estimate of drug-likeness (QED) is 0.226. The molecular formula is C38H46FN5O4. The van der Waals surface area contributed by atoms with Crippen LogP contribution in [-0.4, -0.2) is 74.6 Å². The first-order valence-electron chi connectivity index (χ1n) is 16.6. The van der Waals surface area contributed by atoms with Crippen LogP contribution in [0.5, 0.6) is 0 Å². The van der Waals surface area contributed by atoms with E-state index in [1.165, 1.54) is 12.1 Å². The maximum absolute atomic E-state index is 14.7. The number of halogens is 1. The molecule has 9 nitrogen and oxygen atoms in total. The van der Waals surface area contributed by atoms with Crippen LogP contribution in [0.25, 0.3) is 11.1 Å². The monoisotopic (exact) mass is 655 g/mol. The zero-order valence-corrected chi connectivity index (χ0v) is 28.2. The predicted molar refractivity (Wildman–Crippen MR) is 184 cm³/mol. The van der Waals surface area contributed by atoms with Gasteiger partial charge in [0.1, 0.15) is 11.9 Å². The first kappa shape index (κ1) is 36.2. The molecule has 0 unspecified atom stereocenters. The first-order valence-corrected chi connectivity index (χ1v) is 16.6. The van der Waals surface area contributed by atoms with E-state index in [0.717, 1.165) is 18.4 Å². The number of nitrogens with zero attached hydrogens (tertiary/aromatic N) is 2. The Morgan fingerprint density at radius 1 is 1.02 bits per heavy atom. The van der Waals surface area contributed by atoms with Gasteiger partial charge in [0.2, 0.25) is 5.91 Å². The van der Waals surface area contributed by atoms with Crippen LogP contribution in [0.2, 0.25) is 0 Å². The van der Waals surface area contributed by atoms with Crippen molar-refractivity contribution < 1.29 is 23.5 Å². The van der Waals surface area contributed by atoms with Crippen molar-refractivity contribution in [2.24, 2.45) is 11.8 Å². The fourth-order valence-electron chi connectivity index (χ4n) is 5.93. The summed E-state index contributed by atoms with van der Waals surface area (Å²) in [4.78, 5) is 42.3. The molecule has 4 rings (SSSR count). The summed E-state index contributed by atoms with van der Waals surface area (Å²) in [6.45, 7) is 8.34. The van der Waals surface area contributed by atoms with E-state index in [-0.39, 0.29) is 34.4 Å². The average Bonchev–Trinajstić information content (AvgIpc) is 3.09. The van der Waals surface area contributed by atoms with Crippen LogP contribution in [0, 0.1) is 29.0 Å². The second-order valence-electron chi connectivity index (χ2n) is 12.9. The molecule has 1 heterocycles. The number of hydrogen-bond acceptors (Lipinski definition) is 6. The van der Waals surface area contributed by atoms with E-state index in [1.807, 2.05) is 50.2 Å². The summed E-state index contributed by atoms with van der Waals surface area (Å²) < 4.78 is 20.1. The molecule has 0 radical (unpaired) electrons. The number of likely N-dealkylation sites (tertiary alicyclic amines) is 1. The highest BCUT2D eigenvalue weighted by Crippen LogP contribution is 2.29. The molecule has 1 aliphatic heterocycles. The number of amides is 3. The van der Waals surface area contributed by atoms with Crippen LogP contribution in [0.1, 0.15) is 65.5 Å². The minimum Gasteiger partial charge on any atom is -0.384 e. The van der Waals surface area contributed by atoms with E-state index < -0.39 is 23.8 Å². The van der Waals surface area contributed by atoms with Gasteiger partial charge in [0.25, 0.3) is 11.8 Å². The van der Waals surface area contributed by atoms with Crippen LogP contribution in [0.4, 0.5) is 4.39 Å². The van der Waals surface area contributed by atoms with E-state index in [1.54, 1.807) is 43.2 Å². The Bertz CT molecular complexity index is 1600. The second kappa shape index (κ2) is 17.5. The summed E-state index contributed by atoms with van der Waals surface area (Å²) in [5, 5.41) is 19.1. The Hall–Kier alpha value is -4.59. The smallest absolute Gasteiger partial charge is 0.253 e. The lowest BCUT2D eigenvalue weighted by atomic mass is 9.94. The third kappa shape index (κ3) is 9.96. The SMILES string of the molecule is COC[C@H]1CCCN(C(=O)c2cc(C(=O)N[C@H](CN[C@@H](C)C(=O)NCC(C)C)Cc3ccccc3)cc(-c3cccc(F)c3C#N)c2)C1. The van der Waals surface area contributed by atoms with Crippen molar-refractivity contribution in [3.8, 4) is 17.2 Å². The van der Waals surface area contributed by atoms with Crippen molar-refractivity contribution in [1.29, 1.82) is 5.26 Å². The minimum atomic E-state index is -0.684. The molecule has 1 aliphatic rings. The molecule has 0 saturated carbocycles. The van der Waals surface area contributed by atoms with Crippen molar-refractivity contribution in [3.05, 3.63) is 94.8 Å². The fourth-order valence-corrected chi connectivity index (χ4v) is 5.93. The Morgan fingerprint density at radius 2 is 1.77 bits per heavy atom. The molecule has 3 atom stereocenters. The van der Waals surface area contributed by atoms with Crippen molar-refractivity contribution in [2.45, 2.75) is 52.1 Å². The number of ether oxygens (including phenoxy) is 1. The van der Waals surface area contributed by atoms with Gasteiger partial charge in [-0.2, -0.15) is 5.26 Å². The van der Waals surface area contributed by atoms with Crippen molar-refractivity contribution in [2.75, 3.05) is 39.9 Å². The summed E-state index contributed by atoms with van der Waals surface area (Å²) in [5.41, 5.74) is 2.00. The van der Waals surface area contributed by atoms with Crippen molar-refractivity contribution in [1.82, 2.24) is 20.9 Å². The molecule has 3 aromatic rings. The van der Waals surface area contributed by atoms with E-state index in [4.69, 9.17) is 4.74 Å². The third-order valence-electron chi connectivity index (χ3n) is 8.50. The zero-order chi connectivity index (χ0) is 34.6. The summed E-state index contributed by atoms with van der Waals surface area (Å²) in [6, 6.07) is 19.8. The lowest BCUT2D eigenvalue weighted by Crippen LogP contribution is -2.50. The minimum absolute atomic E-state index is 0.127. The second-order valence-corrected chi connectivity index (χ2v) is 12.9. The molecule has 3 aromatic carbocycles. The van der Waals surface area contributed by atoms with E-state index in [9.17, 15) is 24.0 Å². The summed E-state index contributed by atoms with van der Waals surface area (Å²) >= 11 is 0. The van der Waals surface area contributed by atoms with Gasteiger partial charge < -0.3 is 25.6 Å². The highest BCUT2D eigenvalue weighted by Gasteiger charge is 2.27. The molecule has 0 aromatic heterocycles. The summed E-state index contributed by atoms with van der Waals surface area (Å²) in [5.74, 6) is -0.970. The average molecular weight is 656 g/mol. The maximum Gasteiger partial charge on any atom is 0.253 e. The summed E-state index contributed by atoms with van der Waals surface area (Å²) in [7, 11) is 1.64. The first-order chi connectivity index (χ1) is 23.1. The van der Waals surface area contributed by atoms with Crippen LogP contribution in [-0.2, 0) is 16.0 Å². The number of hydrogen-bond donors (Lipinski definition) is 3. The lowest BCUT2D eigenvalue weighted by Gasteiger charge is -2.32. The van der Waals surface area contributed by atoms with Crippen LogP contribution >= 0.6 is 0 Å². The molecule has 1 fully saturated rings. The number of nitrogens with one attached hydrogen (secondary N) is 3. The maximum atomic E-state index is 14.7. The molecule has 3 N–H and O–H groups in total. The van der Waals surface area contributed by atoms with E-state index in [0.29, 0.717) is 56.3 Å². The van der Waals surface area contributed by atoms with Gasteiger partial charge in [-0.25, -0.2) is 4.39 Å². The lowest BCUT2D eigenvalue weighted by molar-refractivity contribution is -0.122. The van der Waals surface area contributed by atoms with Gasteiger partial charge in [-0.3, -0.25) is 14.4 Å². The Kier molecular flexibility index (Phi) is 13.2. The molecule has 3 amide bonds. The number of carbonyl (C=O) groups is 3. The van der Waals surface area contributed by atoms with Gasteiger partial charge in [-0.15, -0.1) is 0 Å². The standard InChI is InChI=1S/C38H46FN5O4/c1-25(2)21-42-36(45)26(3)41-22-32(16-27-10-6-5-7-11-27)43-37(46)30-17-29(33-13-8-14-35(39)34(33)20-40)18-31(19-30)38(47)44-15-9-12-28(23-44)24-48-4/h5-8,10-11,13-14,17-19,25-26,28,32,41H,9,12,15-16,21-24H2,1-4H3,(H,42,45)(H,43,46)/t26-,28-,32-/m0/s1. The molecule has 0 bridgehead atoms. The number of nitriles is 1. The highest BCUT2D eigenvalue weighted by atomic mass is 19.1. The van der Waals surface area contributed by atoms with Gasteiger partial charge in [0.05, 0.1) is 18.2 Å². The molecule has 0 spiro atoms. The van der Waals surface area contributed by atoms with Gasteiger partial charge in [-0.05, 0) is 73.4 Å². The van der Waals surface area contributed by atoms with Crippen LogP contribution in [0.3, 0.4) is 0 Å². The molecule has 10 heteroatoms. The normalized spacial score (nSPS) is 15.8. The van der Waals surface area contributed by atoms with Gasteiger partial charge in [0.15, 0.2) is 0 Å². The van der Waals surface area contributed by atoms with Gasteiger partial charge in [0, 0.05) is 56.0 Å². The number of piperidine rings is 1. The zero-order valence-electron chi connectivity index (χ0n) is 28.2. The van der Waals surface area contributed by atoms with E-state index >= 15 is 0 Å². The largest absolute Gasteiger partial charge is 0.384 e. The van der Waals surface area contributed by atoms with Gasteiger partial charge >= 0.3 is 0 Å². The fraction of sp³-hybridized carbons (Fsp3) is 0.421. The van der Waals surface area contributed by atoms with Gasteiger partial charge in [-0.1, -0.05) is 56.3 Å². The molecule has 254 valence electrons. The Balaban J connectivity index is 1.65. The number of methoxy groups -OCH3 is 1.